The molecular formula is C13H17FN2O2. The zero-order chi connectivity index (χ0) is 13.1. The Morgan fingerprint density at radius 1 is 1.56 bits per heavy atom. The van der Waals surface area contributed by atoms with Gasteiger partial charge in [-0.2, -0.15) is 0 Å². The highest BCUT2D eigenvalue weighted by Gasteiger charge is 2.31. The Morgan fingerprint density at radius 3 is 2.89 bits per heavy atom. The van der Waals surface area contributed by atoms with Gasteiger partial charge < -0.3 is 15.8 Å². The number of carbonyl (C=O) groups is 1. The Morgan fingerprint density at radius 2 is 2.28 bits per heavy atom. The van der Waals surface area contributed by atoms with Crippen LogP contribution < -0.4 is 15.8 Å². The quantitative estimate of drug-likeness (QED) is 0.846. The van der Waals surface area contributed by atoms with Crippen LogP contribution in [0.4, 0.5) is 4.39 Å². The summed E-state index contributed by atoms with van der Waals surface area (Å²) >= 11 is 0. The number of amides is 1. The Hall–Kier alpha value is -1.62. The summed E-state index contributed by atoms with van der Waals surface area (Å²) in [5.74, 6) is 0.204. The van der Waals surface area contributed by atoms with Gasteiger partial charge in [-0.25, -0.2) is 4.39 Å². The summed E-state index contributed by atoms with van der Waals surface area (Å²) in [6.45, 7) is 0.269. The normalized spacial score (nSPS) is 22.2. The van der Waals surface area contributed by atoms with Gasteiger partial charge in [-0.05, 0) is 31.0 Å². The van der Waals surface area contributed by atoms with Crippen LogP contribution in [-0.2, 0) is 11.3 Å². The number of benzene rings is 1. The van der Waals surface area contributed by atoms with Gasteiger partial charge in [-0.15, -0.1) is 0 Å². The third kappa shape index (κ3) is 2.79. The molecule has 2 rings (SSSR count). The topological polar surface area (TPSA) is 64.3 Å². The summed E-state index contributed by atoms with van der Waals surface area (Å²) < 4.78 is 18.2. The molecule has 1 aliphatic rings. The second kappa shape index (κ2) is 5.35. The molecule has 0 unspecified atom stereocenters. The summed E-state index contributed by atoms with van der Waals surface area (Å²) in [6.07, 6.45) is 1.46. The van der Waals surface area contributed by atoms with Crippen molar-refractivity contribution >= 4 is 5.91 Å². The van der Waals surface area contributed by atoms with E-state index in [1.54, 1.807) is 6.07 Å². The molecule has 1 fully saturated rings. The molecule has 1 saturated carbocycles. The van der Waals surface area contributed by atoms with Crippen LogP contribution in [0.5, 0.6) is 5.75 Å². The molecular weight excluding hydrogens is 235 g/mol. The first-order valence-corrected chi connectivity index (χ1v) is 5.96. The van der Waals surface area contributed by atoms with Gasteiger partial charge in [-0.1, -0.05) is 0 Å². The summed E-state index contributed by atoms with van der Waals surface area (Å²) in [5.41, 5.74) is 6.26. The summed E-state index contributed by atoms with van der Waals surface area (Å²) in [4.78, 5) is 11.7. The van der Waals surface area contributed by atoms with Crippen LogP contribution >= 0.6 is 0 Å². The van der Waals surface area contributed by atoms with Crippen molar-refractivity contribution in [3.8, 4) is 5.75 Å². The lowest BCUT2D eigenvalue weighted by atomic mass is 9.80. The zero-order valence-electron chi connectivity index (χ0n) is 10.3. The lowest BCUT2D eigenvalue weighted by Crippen LogP contribution is -2.44. The molecule has 0 heterocycles. The van der Waals surface area contributed by atoms with Crippen molar-refractivity contribution < 1.29 is 13.9 Å². The molecule has 0 radical (unpaired) electrons. The van der Waals surface area contributed by atoms with Gasteiger partial charge in [0, 0.05) is 24.1 Å². The summed E-state index contributed by atoms with van der Waals surface area (Å²) in [6, 6.07) is 4.39. The van der Waals surface area contributed by atoms with Crippen molar-refractivity contribution in [2.45, 2.75) is 25.4 Å². The molecule has 0 spiro atoms. The number of rotatable bonds is 4. The standard InChI is InChI=1S/C13H17FN2O2/c1-18-12-3-2-10(14)4-9(12)7-16-13(17)8-5-11(15)6-8/h2-4,8,11H,5-7,15H2,1H3,(H,16,17). The van der Waals surface area contributed by atoms with Crippen molar-refractivity contribution in [3.05, 3.63) is 29.6 Å². The van der Waals surface area contributed by atoms with Gasteiger partial charge in [0.15, 0.2) is 0 Å². The Balaban J connectivity index is 1.93. The number of nitrogens with one attached hydrogen (secondary N) is 1. The third-order valence-electron chi connectivity index (χ3n) is 3.24. The van der Waals surface area contributed by atoms with Gasteiger partial charge in [0.25, 0.3) is 0 Å². The van der Waals surface area contributed by atoms with Crippen LogP contribution in [0.2, 0.25) is 0 Å². The molecule has 0 bridgehead atoms. The fraction of sp³-hybridized carbons (Fsp3) is 0.462. The Bertz CT molecular complexity index is 445. The van der Waals surface area contributed by atoms with Gasteiger partial charge in [0.05, 0.1) is 7.11 Å². The van der Waals surface area contributed by atoms with E-state index < -0.39 is 0 Å². The minimum atomic E-state index is -0.342. The molecule has 3 N–H and O–H groups in total. The molecule has 1 amide bonds. The molecule has 0 aromatic heterocycles. The van der Waals surface area contributed by atoms with Crippen LogP contribution in [0.25, 0.3) is 0 Å². The molecule has 0 atom stereocenters. The number of ether oxygens (including phenoxy) is 1. The predicted molar refractivity (Wildman–Crippen MR) is 65.5 cm³/mol. The highest BCUT2D eigenvalue weighted by atomic mass is 19.1. The predicted octanol–water partition coefficient (Wildman–Crippen LogP) is 1.19. The van der Waals surface area contributed by atoms with E-state index in [9.17, 15) is 9.18 Å². The van der Waals surface area contributed by atoms with Crippen LogP contribution in [0.3, 0.4) is 0 Å². The second-order valence-electron chi connectivity index (χ2n) is 4.60. The number of hydrogen-bond donors (Lipinski definition) is 2. The van der Waals surface area contributed by atoms with Crippen molar-refractivity contribution in [2.75, 3.05) is 7.11 Å². The molecule has 18 heavy (non-hydrogen) atoms. The molecule has 1 aromatic rings. The highest BCUT2D eigenvalue weighted by molar-refractivity contribution is 5.79. The first-order chi connectivity index (χ1) is 8.60. The molecule has 0 aliphatic heterocycles. The van der Waals surface area contributed by atoms with Crippen LogP contribution in [0, 0.1) is 11.7 Å². The van der Waals surface area contributed by atoms with E-state index in [1.807, 2.05) is 0 Å². The van der Waals surface area contributed by atoms with Crippen molar-refractivity contribution in [1.29, 1.82) is 0 Å². The number of methoxy groups -OCH3 is 1. The first kappa shape index (κ1) is 12.8. The number of halogens is 1. The van der Waals surface area contributed by atoms with Crippen LogP contribution in [-0.4, -0.2) is 19.1 Å². The maximum absolute atomic E-state index is 13.1. The van der Waals surface area contributed by atoms with E-state index in [0.717, 1.165) is 12.8 Å². The first-order valence-electron chi connectivity index (χ1n) is 5.96. The third-order valence-corrected chi connectivity index (χ3v) is 3.24. The van der Waals surface area contributed by atoms with E-state index in [-0.39, 0.29) is 30.2 Å². The largest absolute Gasteiger partial charge is 0.496 e. The molecule has 0 saturated heterocycles. The van der Waals surface area contributed by atoms with Crippen molar-refractivity contribution in [3.63, 3.8) is 0 Å². The Labute approximate surface area is 105 Å². The molecule has 1 aromatic carbocycles. The van der Waals surface area contributed by atoms with Gasteiger partial charge in [-0.3, -0.25) is 4.79 Å². The van der Waals surface area contributed by atoms with E-state index in [0.29, 0.717) is 11.3 Å². The number of hydrogen-bond acceptors (Lipinski definition) is 3. The summed E-state index contributed by atoms with van der Waals surface area (Å²) in [5, 5.41) is 2.78. The average Bonchev–Trinajstić information content (AvgIpc) is 2.32. The van der Waals surface area contributed by atoms with Crippen molar-refractivity contribution in [1.82, 2.24) is 5.32 Å². The van der Waals surface area contributed by atoms with Crippen LogP contribution in [0.1, 0.15) is 18.4 Å². The van der Waals surface area contributed by atoms with E-state index in [4.69, 9.17) is 10.5 Å². The lowest BCUT2D eigenvalue weighted by molar-refractivity contribution is -0.128. The fourth-order valence-electron chi connectivity index (χ4n) is 2.09. The van der Waals surface area contributed by atoms with Gasteiger partial charge >= 0.3 is 0 Å². The highest BCUT2D eigenvalue weighted by Crippen LogP contribution is 2.26. The minimum Gasteiger partial charge on any atom is -0.496 e. The van der Waals surface area contributed by atoms with Gasteiger partial charge in [0.2, 0.25) is 5.91 Å². The smallest absolute Gasteiger partial charge is 0.223 e. The maximum Gasteiger partial charge on any atom is 0.223 e. The molecule has 5 heteroatoms. The minimum absolute atomic E-state index is 0.000413. The van der Waals surface area contributed by atoms with Crippen LogP contribution in [0.15, 0.2) is 18.2 Å². The second-order valence-corrected chi connectivity index (χ2v) is 4.60. The molecule has 4 nitrogen and oxygen atoms in total. The lowest BCUT2D eigenvalue weighted by Gasteiger charge is -2.31. The molecule has 1 aliphatic carbocycles. The number of nitrogens with two attached hydrogens (primary N) is 1. The number of carbonyl (C=O) groups excluding carboxylic acids is 1. The zero-order valence-corrected chi connectivity index (χ0v) is 10.3. The summed E-state index contributed by atoms with van der Waals surface area (Å²) in [7, 11) is 1.52. The van der Waals surface area contributed by atoms with E-state index in [1.165, 1.54) is 19.2 Å². The SMILES string of the molecule is COc1ccc(F)cc1CNC(=O)C1CC(N)C1. The Kier molecular flexibility index (Phi) is 3.81. The maximum atomic E-state index is 13.1. The van der Waals surface area contributed by atoms with E-state index >= 15 is 0 Å². The average molecular weight is 252 g/mol. The van der Waals surface area contributed by atoms with E-state index in [2.05, 4.69) is 5.32 Å². The molecule has 98 valence electrons. The van der Waals surface area contributed by atoms with Crippen molar-refractivity contribution in [2.24, 2.45) is 11.7 Å². The monoisotopic (exact) mass is 252 g/mol. The fourth-order valence-corrected chi connectivity index (χ4v) is 2.09. The van der Waals surface area contributed by atoms with Gasteiger partial charge in [0.1, 0.15) is 11.6 Å².